The lowest BCUT2D eigenvalue weighted by atomic mass is 10.3. The van der Waals surface area contributed by atoms with Crippen LogP contribution in [0.25, 0.3) is 0 Å². The fourth-order valence-corrected chi connectivity index (χ4v) is 3.39. The van der Waals surface area contributed by atoms with Gasteiger partial charge in [-0.05, 0) is 24.3 Å². The molecule has 4 N–H and O–H groups in total. The molecule has 0 radical (unpaired) electrons. The molecular formula is C18H20Cl6N6. The SMILES string of the molecule is Cl.Cl.Clc1cccc(Cl)c1N=C1NCCN1.Clc1cccc(Cl)c1N=C1NCCN1. The Morgan fingerprint density at radius 1 is 0.533 bits per heavy atom. The second kappa shape index (κ2) is 13.2. The highest BCUT2D eigenvalue weighted by molar-refractivity contribution is 6.39. The van der Waals surface area contributed by atoms with Crippen LogP contribution in [-0.2, 0) is 0 Å². The molecule has 0 unspecified atom stereocenters. The van der Waals surface area contributed by atoms with Crippen molar-refractivity contribution in [2.75, 3.05) is 26.2 Å². The lowest BCUT2D eigenvalue weighted by Gasteiger charge is -2.02. The fourth-order valence-electron chi connectivity index (χ4n) is 2.42. The molecule has 0 saturated carbocycles. The van der Waals surface area contributed by atoms with Crippen molar-refractivity contribution in [2.24, 2.45) is 9.98 Å². The first-order valence-corrected chi connectivity index (χ1v) is 10.1. The maximum absolute atomic E-state index is 5.96. The van der Waals surface area contributed by atoms with Crippen molar-refractivity contribution in [1.82, 2.24) is 21.3 Å². The lowest BCUT2D eigenvalue weighted by Crippen LogP contribution is -2.23. The topological polar surface area (TPSA) is 72.8 Å². The predicted octanol–water partition coefficient (Wildman–Crippen LogP) is 5.19. The number of aliphatic imine (C=N–C) groups is 2. The molecule has 2 aliphatic heterocycles. The minimum atomic E-state index is 0. The van der Waals surface area contributed by atoms with E-state index in [0.29, 0.717) is 31.5 Å². The number of para-hydroxylation sites is 2. The Morgan fingerprint density at radius 3 is 1.07 bits per heavy atom. The highest BCUT2D eigenvalue weighted by Gasteiger charge is 2.10. The quantitative estimate of drug-likeness (QED) is 0.429. The maximum Gasteiger partial charge on any atom is 0.196 e. The molecule has 2 saturated heterocycles. The first-order chi connectivity index (χ1) is 13.5. The van der Waals surface area contributed by atoms with E-state index in [2.05, 4.69) is 31.3 Å². The van der Waals surface area contributed by atoms with Gasteiger partial charge in [0.1, 0.15) is 11.4 Å². The summed E-state index contributed by atoms with van der Waals surface area (Å²) in [6, 6.07) is 10.7. The van der Waals surface area contributed by atoms with Crippen LogP contribution in [0.4, 0.5) is 11.4 Å². The van der Waals surface area contributed by atoms with Crippen LogP contribution in [0.15, 0.2) is 46.4 Å². The Kier molecular flexibility index (Phi) is 11.8. The molecule has 2 aliphatic rings. The molecule has 0 spiro atoms. The fraction of sp³-hybridized carbons (Fsp3) is 0.222. The summed E-state index contributed by atoms with van der Waals surface area (Å²) in [4.78, 5) is 8.58. The second-order valence-electron chi connectivity index (χ2n) is 5.77. The van der Waals surface area contributed by atoms with E-state index in [1.165, 1.54) is 0 Å². The van der Waals surface area contributed by atoms with E-state index in [-0.39, 0.29) is 24.8 Å². The number of hydrogen-bond donors (Lipinski definition) is 4. The molecule has 2 fully saturated rings. The van der Waals surface area contributed by atoms with E-state index < -0.39 is 0 Å². The number of nitrogens with one attached hydrogen (secondary N) is 4. The number of rotatable bonds is 2. The monoisotopic (exact) mass is 530 g/mol. The third-order valence-electron chi connectivity index (χ3n) is 3.74. The average Bonchev–Trinajstić information content (AvgIpc) is 3.36. The molecule has 0 aromatic heterocycles. The van der Waals surface area contributed by atoms with E-state index in [1.54, 1.807) is 36.4 Å². The minimum absolute atomic E-state index is 0. The highest BCUT2D eigenvalue weighted by Crippen LogP contribution is 2.33. The van der Waals surface area contributed by atoms with Gasteiger partial charge >= 0.3 is 0 Å². The number of halogens is 6. The summed E-state index contributed by atoms with van der Waals surface area (Å²) in [5.41, 5.74) is 1.21. The van der Waals surface area contributed by atoms with Gasteiger partial charge in [-0.2, -0.15) is 0 Å². The van der Waals surface area contributed by atoms with Gasteiger partial charge in [0.2, 0.25) is 0 Å². The summed E-state index contributed by atoms with van der Waals surface area (Å²) >= 11 is 23.8. The van der Waals surface area contributed by atoms with Crippen molar-refractivity contribution >= 4 is 94.5 Å². The summed E-state index contributed by atoms with van der Waals surface area (Å²) in [6.45, 7) is 3.50. The van der Waals surface area contributed by atoms with Crippen LogP contribution in [0.2, 0.25) is 20.1 Å². The zero-order chi connectivity index (χ0) is 19.9. The number of hydrogen-bond acceptors (Lipinski definition) is 2. The summed E-state index contributed by atoms with van der Waals surface area (Å²) < 4.78 is 0. The van der Waals surface area contributed by atoms with Crippen molar-refractivity contribution in [3.05, 3.63) is 56.5 Å². The summed E-state index contributed by atoms with van der Waals surface area (Å²) in [5.74, 6) is 1.44. The Hall–Kier alpha value is -1.28. The molecule has 2 heterocycles. The van der Waals surface area contributed by atoms with Gasteiger partial charge in [-0.3, -0.25) is 0 Å². The van der Waals surface area contributed by atoms with E-state index in [0.717, 1.165) is 38.1 Å². The van der Waals surface area contributed by atoms with Gasteiger partial charge in [0.25, 0.3) is 0 Å². The van der Waals surface area contributed by atoms with Crippen LogP contribution in [0.1, 0.15) is 0 Å². The molecule has 6 nitrogen and oxygen atoms in total. The molecule has 0 aliphatic carbocycles. The van der Waals surface area contributed by atoms with Gasteiger partial charge in [0.05, 0.1) is 20.1 Å². The van der Waals surface area contributed by atoms with E-state index in [4.69, 9.17) is 46.4 Å². The van der Waals surface area contributed by atoms with Crippen molar-refractivity contribution < 1.29 is 0 Å². The van der Waals surface area contributed by atoms with Crippen LogP contribution in [0, 0.1) is 0 Å². The van der Waals surface area contributed by atoms with Gasteiger partial charge in [0, 0.05) is 26.2 Å². The van der Waals surface area contributed by atoms with Gasteiger partial charge in [-0.15, -0.1) is 24.8 Å². The summed E-state index contributed by atoms with van der Waals surface area (Å²) in [7, 11) is 0. The largest absolute Gasteiger partial charge is 0.354 e. The maximum atomic E-state index is 5.96. The van der Waals surface area contributed by atoms with Crippen LogP contribution in [-0.4, -0.2) is 38.1 Å². The van der Waals surface area contributed by atoms with Gasteiger partial charge in [-0.1, -0.05) is 58.5 Å². The molecular weight excluding hydrogens is 513 g/mol. The van der Waals surface area contributed by atoms with Crippen LogP contribution in [0.3, 0.4) is 0 Å². The molecule has 2 aromatic carbocycles. The van der Waals surface area contributed by atoms with Crippen LogP contribution >= 0.6 is 71.2 Å². The van der Waals surface area contributed by atoms with Crippen molar-refractivity contribution in [3.63, 3.8) is 0 Å². The molecule has 30 heavy (non-hydrogen) atoms. The smallest absolute Gasteiger partial charge is 0.196 e. The van der Waals surface area contributed by atoms with E-state index >= 15 is 0 Å². The van der Waals surface area contributed by atoms with E-state index in [1.807, 2.05) is 0 Å². The van der Waals surface area contributed by atoms with Gasteiger partial charge < -0.3 is 21.3 Å². The van der Waals surface area contributed by atoms with Crippen molar-refractivity contribution in [3.8, 4) is 0 Å². The van der Waals surface area contributed by atoms with E-state index in [9.17, 15) is 0 Å². The Morgan fingerprint density at radius 2 is 0.800 bits per heavy atom. The lowest BCUT2D eigenvalue weighted by molar-refractivity contribution is 0.942. The second-order valence-corrected chi connectivity index (χ2v) is 7.40. The Labute approximate surface area is 207 Å². The molecule has 0 amide bonds. The van der Waals surface area contributed by atoms with Crippen molar-refractivity contribution in [1.29, 1.82) is 0 Å². The summed E-state index contributed by atoms with van der Waals surface area (Å²) in [5, 5.41) is 14.5. The van der Waals surface area contributed by atoms with Crippen molar-refractivity contribution in [2.45, 2.75) is 0 Å². The van der Waals surface area contributed by atoms with Gasteiger partial charge in [-0.25, -0.2) is 9.98 Å². The number of benzene rings is 2. The Balaban J connectivity index is 0.000000281. The van der Waals surface area contributed by atoms with Crippen LogP contribution < -0.4 is 21.3 Å². The highest BCUT2D eigenvalue weighted by atomic mass is 35.5. The van der Waals surface area contributed by atoms with Crippen LogP contribution in [0.5, 0.6) is 0 Å². The van der Waals surface area contributed by atoms with Gasteiger partial charge in [0.15, 0.2) is 11.9 Å². The Bertz CT molecular complexity index is 775. The number of guanidine groups is 2. The molecule has 0 atom stereocenters. The minimum Gasteiger partial charge on any atom is -0.354 e. The third kappa shape index (κ3) is 7.45. The summed E-state index contributed by atoms with van der Waals surface area (Å²) in [6.07, 6.45) is 0. The third-order valence-corrected chi connectivity index (χ3v) is 4.96. The first-order valence-electron chi connectivity index (χ1n) is 8.55. The zero-order valence-corrected chi connectivity index (χ0v) is 20.2. The average molecular weight is 533 g/mol. The first kappa shape index (κ1) is 26.8. The standard InChI is InChI=1S/2C9H9Cl2N3.2ClH/c2*10-6-2-1-3-7(11)8(6)14-9-12-4-5-13-9;;/h2*1-3H,4-5H2,(H2,12,13,14);2*1H. The molecule has 4 rings (SSSR count). The number of nitrogens with zero attached hydrogens (tertiary/aromatic N) is 2. The molecule has 2 aromatic rings. The molecule has 12 heteroatoms. The molecule has 164 valence electrons. The normalized spacial score (nSPS) is 13.9. The predicted molar refractivity (Wildman–Crippen MR) is 134 cm³/mol. The zero-order valence-electron chi connectivity index (χ0n) is 15.5. The molecule has 0 bridgehead atoms.